The van der Waals surface area contributed by atoms with Crippen molar-refractivity contribution in [3.63, 3.8) is 0 Å². The van der Waals surface area contributed by atoms with Gasteiger partial charge < -0.3 is 54.3 Å². The van der Waals surface area contributed by atoms with Crippen LogP contribution in [-0.4, -0.2) is 123 Å². The maximum absolute atomic E-state index is 14.5. The molecule has 572 valence electrons. The summed E-state index contributed by atoms with van der Waals surface area (Å²) < 4.78 is 30.4. The molecule has 2 aromatic rings. The Bertz CT molecular complexity index is 3400. The largest absolute Gasteiger partial charge is 0.461 e. The van der Waals surface area contributed by atoms with Crippen molar-refractivity contribution in [1.82, 2.24) is 0 Å². The first-order chi connectivity index (χ1) is 49.0. The molecule has 0 bridgehead atoms. The van der Waals surface area contributed by atoms with Gasteiger partial charge in [0.15, 0.2) is 13.2 Å². The molecule has 0 aliphatic heterocycles. The molecule has 0 unspecified atom stereocenters. The first kappa shape index (κ1) is 75.6. The van der Waals surface area contributed by atoms with Crippen LogP contribution in [0.25, 0.3) is 10.8 Å². The van der Waals surface area contributed by atoms with Crippen molar-refractivity contribution in [2.24, 2.45) is 139 Å². The maximum Gasteiger partial charge on any atom is 0.344 e. The molecule has 0 heterocycles. The van der Waals surface area contributed by atoms with E-state index in [1.807, 2.05) is 24.3 Å². The average Bonchev–Trinajstić information content (AvgIpc) is 1.68. The van der Waals surface area contributed by atoms with E-state index in [1.54, 1.807) is 0 Å². The lowest BCUT2D eigenvalue weighted by Crippen LogP contribution is -2.62. The third kappa shape index (κ3) is 13.4. The molecule has 12 saturated carbocycles. The minimum atomic E-state index is -0.557. The van der Waals surface area contributed by atoms with Crippen LogP contribution in [0.5, 0.6) is 0 Å². The molecule has 0 spiro atoms. The van der Waals surface area contributed by atoms with Crippen molar-refractivity contribution >= 4 is 40.6 Å². The smallest absolute Gasteiger partial charge is 0.344 e. The van der Waals surface area contributed by atoms with Crippen LogP contribution in [0.4, 0.5) is 0 Å². The monoisotopic (exact) mass is 1430 g/mol. The number of hydrogen-bond donors (Lipinski definition) is 6. The zero-order chi connectivity index (χ0) is 73.0. The fraction of sp³-hybridized carbons (Fsp3) is 0.828. The Balaban J connectivity index is 0.585. The molecule has 16 heteroatoms. The lowest BCUT2D eigenvalue weighted by Gasteiger charge is -2.63. The van der Waals surface area contributed by atoms with Crippen LogP contribution < -0.4 is 0 Å². The number of benzene rings is 2. The standard InChI is InChI=1S/C87H128O16/c1-48(61-23-26-65-80-68(42-72(92)85(61,65)7)83(5)34-31-56(88)37-54(83)40-70(80)90)17-29-76(95)100-46-78(97)102-58-33-36-82(4)53(39-58)20-21-60-64-25-22-63(50(3)19-28-75(94)99-45-52-15-12-14-51-13-10-11-16-59(51)52)87(64,9)74(44-67(60)82)103-79(98)47-101-77(96)30-18-49(2)62-24-27-66-81-69(43-73(93)86(62,66)8)84(6)35-32-57(89)38-55(84)41-71(81)91/h10-16,48-50,53-58,60-74,80-81,88-93H,17-47H2,1-9H3/t48-,49-,50-,53-,54+,55+,56-,57-,58-,60+,61-,62-,63-,64+,65+,66+,67+,68+,69+,70-,71-,72+,73+,74+,80+,81+,82+,83+,84+,85-,86-,87-/m1/s1. The Kier molecular flexibility index (Phi) is 21.5. The van der Waals surface area contributed by atoms with Gasteiger partial charge in [-0.2, -0.15) is 0 Å². The van der Waals surface area contributed by atoms with Crippen LogP contribution >= 0.6 is 0 Å². The molecule has 0 aromatic heterocycles. The maximum atomic E-state index is 14.5. The summed E-state index contributed by atoms with van der Waals surface area (Å²) >= 11 is 0. The van der Waals surface area contributed by atoms with Gasteiger partial charge in [0.2, 0.25) is 0 Å². The Morgan fingerprint density at radius 1 is 0.427 bits per heavy atom. The summed E-state index contributed by atoms with van der Waals surface area (Å²) in [5.41, 5.74) is -0.381. The highest BCUT2D eigenvalue weighted by Crippen LogP contribution is 2.73. The number of aliphatic hydroxyl groups excluding tert-OH is 6. The highest BCUT2D eigenvalue weighted by atomic mass is 16.6. The molecule has 0 radical (unpaired) electrons. The predicted octanol–water partition coefficient (Wildman–Crippen LogP) is 14.2. The SMILES string of the molecule is C[C@H](CCC(=O)OCC(=O)O[C@@H]1CC[C@@]2(C)[C@H](CC[C@@H]3[C@@H]2C[C@H](OC(=O)COC(=O)CC[C@@H](C)[C@H]2CC[C@H]4[C@@H]5[C@H](O)C[C@@H]6C[C@H](O)CC[C@]6(C)[C@H]5C[C@H](O)[C@]24C)[C@]2(C)[C@@H]([C@H](C)CCC(=O)OCc4cccc5ccccc45)CC[C@@H]32)C1)[C@H]1CC[C@H]2[C@@H]3[C@H](O)C[C@@H]4C[C@H](O)CC[C@]4(C)[C@H]3C[C@H](O)[C@]12C. The van der Waals surface area contributed by atoms with Crippen LogP contribution in [0.3, 0.4) is 0 Å². The number of rotatable bonds is 20. The number of fused-ring (bicyclic) bond motifs is 16. The summed E-state index contributed by atoms with van der Waals surface area (Å²) in [7, 11) is 0. The second kappa shape index (κ2) is 29.3. The van der Waals surface area contributed by atoms with Crippen molar-refractivity contribution in [2.75, 3.05) is 13.2 Å². The fourth-order valence-corrected chi connectivity index (χ4v) is 28.8. The third-order valence-corrected chi connectivity index (χ3v) is 34.4. The summed E-state index contributed by atoms with van der Waals surface area (Å²) in [6, 6.07) is 14.2. The first-order valence-corrected chi connectivity index (χ1v) is 41.4. The fourth-order valence-electron chi connectivity index (χ4n) is 28.8. The highest BCUT2D eigenvalue weighted by molar-refractivity contribution is 5.86. The van der Waals surface area contributed by atoms with Gasteiger partial charge in [0.25, 0.3) is 0 Å². The van der Waals surface area contributed by atoms with Gasteiger partial charge in [0.05, 0.1) is 36.6 Å². The number of carbonyl (C=O) groups excluding carboxylic acids is 5. The van der Waals surface area contributed by atoms with E-state index >= 15 is 0 Å². The van der Waals surface area contributed by atoms with Crippen LogP contribution in [0.1, 0.15) is 248 Å². The van der Waals surface area contributed by atoms with E-state index in [4.69, 9.17) is 23.7 Å². The van der Waals surface area contributed by atoms with E-state index in [1.165, 1.54) is 0 Å². The molecule has 12 aliphatic carbocycles. The number of carbonyl (C=O) groups is 5. The van der Waals surface area contributed by atoms with Crippen LogP contribution in [0.15, 0.2) is 42.5 Å². The van der Waals surface area contributed by atoms with Gasteiger partial charge in [-0.3, -0.25) is 14.4 Å². The van der Waals surface area contributed by atoms with Gasteiger partial charge in [-0.05, 0) is 310 Å². The van der Waals surface area contributed by atoms with Gasteiger partial charge in [0.1, 0.15) is 18.8 Å². The van der Waals surface area contributed by atoms with Crippen molar-refractivity contribution in [3.8, 4) is 0 Å². The normalized spacial score (nSPS) is 45.9. The number of aliphatic hydroxyl groups is 6. The lowest BCUT2D eigenvalue weighted by atomic mass is 9.43. The Labute approximate surface area is 613 Å². The molecule has 103 heavy (non-hydrogen) atoms. The van der Waals surface area contributed by atoms with Gasteiger partial charge in [0, 0.05) is 24.7 Å². The van der Waals surface area contributed by atoms with Crippen LogP contribution in [0, 0.1) is 139 Å². The van der Waals surface area contributed by atoms with E-state index in [9.17, 15) is 54.6 Å². The number of esters is 5. The molecular weight excluding hydrogens is 1300 g/mol. The zero-order valence-electron chi connectivity index (χ0n) is 63.7. The lowest BCUT2D eigenvalue weighted by molar-refractivity contribution is -0.207. The van der Waals surface area contributed by atoms with Crippen molar-refractivity contribution in [2.45, 2.75) is 298 Å². The molecule has 0 amide bonds. The van der Waals surface area contributed by atoms with Crippen molar-refractivity contribution < 1.29 is 78.3 Å². The molecule has 14 rings (SSSR count). The minimum Gasteiger partial charge on any atom is -0.461 e. The van der Waals surface area contributed by atoms with Gasteiger partial charge in [-0.25, -0.2) is 9.59 Å². The van der Waals surface area contributed by atoms with E-state index in [0.717, 1.165) is 113 Å². The predicted molar refractivity (Wildman–Crippen MR) is 389 cm³/mol. The Morgan fingerprint density at radius 3 is 1.44 bits per heavy atom. The summed E-state index contributed by atoms with van der Waals surface area (Å²) in [5, 5.41) is 71.4. The third-order valence-electron chi connectivity index (χ3n) is 34.4. The van der Waals surface area contributed by atoms with E-state index < -0.39 is 78.4 Å². The average molecular weight is 1430 g/mol. The molecule has 0 saturated heterocycles. The molecule has 12 aliphatic rings. The van der Waals surface area contributed by atoms with Gasteiger partial charge >= 0.3 is 29.8 Å². The quantitative estimate of drug-likeness (QED) is 0.0532. The van der Waals surface area contributed by atoms with Gasteiger partial charge in [-0.1, -0.05) is 105 Å². The molecule has 6 N–H and O–H groups in total. The first-order valence-electron chi connectivity index (χ1n) is 41.4. The highest BCUT2D eigenvalue weighted by Gasteiger charge is 2.69. The molecular formula is C87H128O16. The summed E-state index contributed by atoms with van der Waals surface area (Å²) in [6.45, 7) is 19.8. The van der Waals surface area contributed by atoms with E-state index in [0.29, 0.717) is 70.1 Å². The van der Waals surface area contributed by atoms with Gasteiger partial charge in [-0.15, -0.1) is 0 Å². The van der Waals surface area contributed by atoms with E-state index in [-0.39, 0.29) is 172 Å². The second-order valence-corrected chi connectivity index (χ2v) is 38.5. The number of hydrogen-bond acceptors (Lipinski definition) is 16. The Hall–Kier alpha value is -4.19. The Morgan fingerprint density at radius 2 is 0.893 bits per heavy atom. The van der Waals surface area contributed by atoms with Crippen molar-refractivity contribution in [1.29, 1.82) is 0 Å². The molecule has 2 aromatic carbocycles. The number of ether oxygens (including phenoxy) is 5. The zero-order valence-corrected chi connectivity index (χ0v) is 63.7. The summed E-state index contributed by atoms with van der Waals surface area (Å²) in [5.74, 6) is 1.17. The summed E-state index contributed by atoms with van der Waals surface area (Å²) in [6.07, 6.45) is 16.9. The topological polar surface area (TPSA) is 253 Å². The molecule has 32 atom stereocenters. The van der Waals surface area contributed by atoms with Crippen LogP contribution in [-0.2, 0) is 54.3 Å². The van der Waals surface area contributed by atoms with E-state index in [2.05, 4.69) is 80.5 Å². The molecule has 16 nitrogen and oxygen atoms in total. The van der Waals surface area contributed by atoms with Crippen LogP contribution in [0.2, 0.25) is 0 Å². The van der Waals surface area contributed by atoms with Crippen molar-refractivity contribution in [3.05, 3.63) is 48.0 Å². The second-order valence-electron chi connectivity index (χ2n) is 38.5. The molecule has 12 fully saturated rings. The minimum absolute atomic E-state index is 0.00347. The summed E-state index contributed by atoms with van der Waals surface area (Å²) in [4.78, 5) is 69.0.